The van der Waals surface area contributed by atoms with Crippen molar-refractivity contribution in [1.29, 1.82) is 0 Å². The molecule has 0 radical (unpaired) electrons. The van der Waals surface area contributed by atoms with Gasteiger partial charge in [0.15, 0.2) is 0 Å². The SMILES string of the molecule is COC(=O)c1ccccc1N(C)C(=O)/C=C/c1ccccc1. The van der Waals surface area contributed by atoms with Gasteiger partial charge in [0.2, 0.25) is 0 Å². The molecule has 2 rings (SSSR count). The molecule has 0 bridgehead atoms. The molecule has 0 aliphatic carbocycles. The highest BCUT2D eigenvalue weighted by Crippen LogP contribution is 2.20. The molecule has 112 valence electrons. The summed E-state index contributed by atoms with van der Waals surface area (Å²) in [5.41, 5.74) is 1.80. The maximum Gasteiger partial charge on any atom is 0.339 e. The van der Waals surface area contributed by atoms with Gasteiger partial charge < -0.3 is 9.64 Å². The van der Waals surface area contributed by atoms with Crippen LogP contribution in [0.25, 0.3) is 6.08 Å². The number of para-hydroxylation sites is 1. The lowest BCUT2D eigenvalue weighted by Crippen LogP contribution is -2.26. The molecule has 1 amide bonds. The third kappa shape index (κ3) is 3.61. The summed E-state index contributed by atoms with van der Waals surface area (Å²) in [6.45, 7) is 0. The van der Waals surface area contributed by atoms with Crippen LogP contribution in [-0.2, 0) is 9.53 Å². The Kier molecular flexibility index (Phi) is 5.09. The topological polar surface area (TPSA) is 46.6 Å². The Balaban J connectivity index is 2.21. The maximum atomic E-state index is 12.3. The highest BCUT2D eigenvalue weighted by atomic mass is 16.5. The van der Waals surface area contributed by atoms with E-state index < -0.39 is 5.97 Å². The van der Waals surface area contributed by atoms with E-state index in [4.69, 9.17) is 4.74 Å². The number of benzene rings is 2. The average Bonchev–Trinajstić information content (AvgIpc) is 2.59. The van der Waals surface area contributed by atoms with E-state index in [0.717, 1.165) is 5.56 Å². The second-order valence-electron chi connectivity index (χ2n) is 4.65. The van der Waals surface area contributed by atoms with Crippen molar-refractivity contribution in [2.45, 2.75) is 0 Å². The summed E-state index contributed by atoms with van der Waals surface area (Å²) in [4.78, 5) is 25.5. The van der Waals surface area contributed by atoms with Gasteiger partial charge in [0, 0.05) is 13.1 Å². The second kappa shape index (κ2) is 7.22. The van der Waals surface area contributed by atoms with E-state index in [1.54, 1.807) is 37.4 Å². The average molecular weight is 295 g/mol. The molecule has 0 fully saturated rings. The lowest BCUT2D eigenvalue weighted by Gasteiger charge is -2.18. The predicted molar refractivity (Wildman–Crippen MR) is 86.7 cm³/mol. The van der Waals surface area contributed by atoms with Crippen molar-refractivity contribution >= 4 is 23.6 Å². The van der Waals surface area contributed by atoms with Crippen molar-refractivity contribution in [1.82, 2.24) is 0 Å². The zero-order valence-electron chi connectivity index (χ0n) is 12.5. The Bertz CT molecular complexity index is 692. The zero-order chi connectivity index (χ0) is 15.9. The highest BCUT2D eigenvalue weighted by Gasteiger charge is 2.17. The quantitative estimate of drug-likeness (QED) is 0.643. The lowest BCUT2D eigenvalue weighted by molar-refractivity contribution is -0.113. The molecule has 0 unspecified atom stereocenters. The van der Waals surface area contributed by atoms with Crippen LogP contribution in [0.2, 0.25) is 0 Å². The number of nitrogens with zero attached hydrogens (tertiary/aromatic N) is 1. The van der Waals surface area contributed by atoms with Crippen molar-refractivity contribution in [2.75, 3.05) is 19.1 Å². The minimum atomic E-state index is -0.470. The third-order valence-corrected chi connectivity index (χ3v) is 3.22. The first-order chi connectivity index (χ1) is 10.6. The fourth-order valence-electron chi connectivity index (χ4n) is 2.01. The molecule has 0 atom stereocenters. The van der Waals surface area contributed by atoms with Gasteiger partial charge in [0.1, 0.15) is 0 Å². The Morgan fingerprint density at radius 3 is 2.32 bits per heavy atom. The number of ether oxygens (including phenoxy) is 1. The minimum Gasteiger partial charge on any atom is -0.465 e. The summed E-state index contributed by atoms with van der Waals surface area (Å²) in [6, 6.07) is 16.4. The molecule has 0 saturated heterocycles. The van der Waals surface area contributed by atoms with Crippen LogP contribution in [0.5, 0.6) is 0 Å². The van der Waals surface area contributed by atoms with E-state index >= 15 is 0 Å². The molecule has 0 heterocycles. The van der Waals surface area contributed by atoms with Gasteiger partial charge in [-0.25, -0.2) is 4.79 Å². The minimum absolute atomic E-state index is 0.222. The van der Waals surface area contributed by atoms with Gasteiger partial charge in [0.25, 0.3) is 5.91 Å². The first kappa shape index (κ1) is 15.5. The van der Waals surface area contributed by atoms with Crippen molar-refractivity contribution in [3.63, 3.8) is 0 Å². The van der Waals surface area contributed by atoms with E-state index in [9.17, 15) is 9.59 Å². The first-order valence-electron chi connectivity index (χ1n) is 6.81. The number of rotatable bonds is 4. The smallest absolute Gasteiger partial charge is 0.339 e. The van der Waals surface area contributed by atoms with Crippen LogP contribution in [0.1, 0.15) is 15.9 Å². The molecule has 22 heavy (non-hydrogen) atoms. The van der Waals surface area contributed by atoms with E-state index in [1.807, 2.05) is 30.3 Å². The number of carbonyl (C=O) groups is 2. The Morgan fingerprint density at radius 2 is 1.64 bits per heavy atom. The van der Waals surface area contributed by atoms with Gasteiger partial charge in [-0.15, -0.1) is 0 Å². The zero-order valence-corrected chi connectivity index (χ0v) is 12.5. The fourth-order valence-corrected chi connectivity index (χ4v) is 2.01. The number of methoxy groups -OCH3 is 1. The number of hydrogen-bond donors (Lipinski definition) is 0. The summed E-state index contributed by atoms with van der Waals surface area (Å²) in [6.07, 6.45) is 3.21. The fraction of sp³-hybridized carbons (Fsp3) is 0.111. The summed E-state index contributed by atoms with van der Waals surface area (Å²) in [5, 5.41) is 0. The van der Waals surface area contributed by atoms with Crippen LogP contribution >= 0.6 is 0 Å². The van der Waals surface area contributed by atoms with Crippen molar-refractivity contribution < 1.29 is 14.3 Å². The number of anilines is 1. The third-order valence-electron chi connectivity index (χ3n) is 3.22. The number of amides is 1. The Labute approximate surface area is 129 Å². The van der Waals surface area contributed by atoms with Crippen LogP contribution in [0.4, 0.5) is 5.69 Å². The van der Waals surface area contributed by atoms with Crippen molar-refractivity contribution in [2.24, 2.45) is 0 Å². The largest absolute Gasteiger partial charge is 0.465 e. The molecule has 0 aliphatic heterocycles. The second-order valence-corrected chi connectivity index (χ2v) is 4.65. The molecule has 0 spiro atoms. The molecule has 0 N–H and O–H groups in total. The van der Waals surface area contributed by atoms with E-state index in [-0.39, 0.29) is 5.91 Å². The molecule has 2 aromatic rings. The summed E-state index contributed by atoms with van der Waals surface area (Å²) >= 11 is 0. The number of esters is 1. The van der Waals surface area contributed by atoms with Crippen LogP contribution in [0.3, 0.4) is 0 Å². The van der Waals surface area contributed by atoms with E-state index in [2.05, 4.69) is 0 Å². The van der Waals surface area contributed by atoms with Crippen LogP contribution in [0.15, 0.2) is 60.7 Å². The molecular weight excluding hydrogens is 278 g/mol. The van der Waals surface area contributed by atoms with Gasteiger partial charge in [0.05, 0.1) is 18.4 Å². The van der Waals surface area contributed by atoms with Gasteiger partial charge in [-0.3, -0.25) is 4.79 Å². The highest BCUT2D eigenvalue weighted by molar-refractivity contribution is 6.07. The maximum absolute atomic E-state index is 12.3. The molecular formula is C18H17NO3. The van der Waals surface area contributed by atoms with Crippen molar-refractivity contribution in [3.8, 4) is 0 Å². The summed E-state index contributed by atoms with van der Waals surface area (Å²) in [7, 11) is 2.94. The van der Waals surface area contributed by atoms with Crippen molar-refractivity contribution in [3.05, 3.63) is 71.8 Å². The molecule has 0 aromatic heterocycles. The molecule has 0 aliphatic rings. The Morgan fingerprint density at radius 1 is 1.00 bits per heavy atom. The van der Waals surface area contributed by atoms with Gasteiger partial charge >= 0.3 is 5.97 Å². The molecule has 0 saturated carbocycles. The number of hydrogen-bond acceptors (Lipinski definition) is 3. The van der Waals surface area contributed by atoms with Gasteiger partial charge in [-0.05, 0) is 23.8 Å². The predicted octanol–water partition coefficient (Wildman–Crippen LogP) is 3.15. The van der Waals surface area contributed by atoms with Gasteiger partial charge in [-0.2, -0.15) is 0 Å². The summed E-state index contributed by atoms with van der Waals surface area (Å²) < 4.78 is 4.74. The van der Waals surface area contributed by atoms with E-state index in [1.165, 1.54) is 18.1 Å². The molecule has 4 heteroatoms. The monoisotopic (exact) mass is 295 g/mol. The lowest BCUT2D eigenvalue weighted by atomic mass is 10.1. The molecule has 4 nitrogen and oxygen atoms in total. The van der Waals surface area contributed by atoms with Crippen LogP contribution in [-0.4, -0.2) is 26.0 Å². The van der Waals surface area contributed by atoms with Crippen LogP contribution in [0, 0.1) is 0 Å². The summed E-state index contributed by atoms with van der Waals surface area (Å²) in [5.74, 6) is -0.692. The number of carbonyl (C=O) groups excluding carboxylic acids is 2. The molecule has 2 aromatic carbocycles. The normalized spacial score (nSPS) is 10.5. The number of likely N-dealkylation sites (N-methyl/N-ethyl adjacent to an activating group) is 1. The standard InChI is InChI=1S/C18H17NO3/c1-19(16-11-7-6-10-15(16)18(21)22-2)17(20)13-12-14-8-4-3-5-9-14/h3-13H,1-2H3/b13-12+. The van der Waals surface area contributed by atoms with Crippen LogP contribution < -0.4 is 4.90 Å². The van der Waals surface area contributed by atoms with Gasteiger partial charge in [-0.1, -0.05) is 42.5 Å². The van der Waals surface area contributed by atoms with E-state index in [0.29, 0.717) is 11.3 Å². The Hall–Kier alpha value is -2.88. The first-order valence-corrected chi connectivity index (χ1v) is 6.81.